The van der Waals surface area contributed by atoms with Gasteiger partial charge in [-0.25, -0.2) is 0 Å². The smallest absolute Gasteiger partial charge is 0.161 e. The second-order valence-electron chi connectivity index (χ2n) is 7.36. The highest BCUT2D eigenvalue weighted by atomic mass is 16.5. The van der Waals surface area contributed by atoms with E-state index in [0.29, 0.717) is 29.6 Å². The molecular formula is C15H22O3. The zero-order chi connectivity index (χ0) is 12.5. The van der Waals surface area contributed by atoms with Crippen LogP contribution in [0.1, 0.15) is 45.4 Å². The van der Waals surface area contributed by atoms with Gasteiger partial charge >= 0.3 is 0 Å². The van der Waals surface area contributed by atoms with Gasteiger partial charge in [0, 0.05) is 13.5 Å². The van der Waals surface area contributed by atoms with E-state index in [2.05, 4.69) is 6.92 Å². The fourth-order valence-electron chi connectivity index (χ4n) is 5.77. The fraction of sp³-hybridized carbons (Fsp3) is 0.933. The van der Waals surface area contributed by atoms with Gasteiger partial charge in [-0.2, -0.15) is 0 Å². The summed E-state index contributed by atoms with van der Waals surface area (Å²) < 4.78 is 11.7. The van der Waals surface area contributed by atoms with Crippen LogP contribution in [0.5, 0.6) is 0 Å². The van der Waals surface area contributed by atoms with Crippen molar-refractivity contribution in [3.63, 3.8) is 0 Å². The van der Waals surface area contributed by atoms with E-state index in [1.807, 2.05) is 0 Å². The van der Waals surface area contributed by atoms with Crippen LogP contribution in [0, 0.1) is 17.3 Å². The van der Waals surface area contributed by atoms with E-state index in [9.17, 15) is 4.79 Å². The molecule has 3 aliphatic carbocycles. The summed E-state index contributed by atoms with van der Waals surface area (Å²) >= 11 is 0. The molecule has 100 valence electrons. The number of carbonyl (C=O) groups is 1. The van der Waals surface area contributed by atoms with Crippen LogP contribution in [-0.4, -0.2) is 30.7 Å². The van der Waals surface area contributed by atoms with Gasteiger partial charge in [0.2, 0.25) is 0 Å². The average molecular weight is 250 g/mol. The lowest BCUT2D eigenvalue weighted by Crippen LogP contribution is -2.66. The summed E-state index contributed by atoms with van der Waals surface area (Å²) in [5.41, 5.74) is 0.425. The molecule has 0 amide bonds. The summed E-state index contributed by atoms with van der Waals surface area (Å²) in [6.45, 7) is 2.28. The third kappa shape index (κ3) is 1.35. The highest BCUT2D eigenvalue weighted by Gasteiger charge is 2.64. The van der Waals surface area contributed by atoms with Gasteiger partial charge in [0.25, 0.3) is 0 Å². The number of ketones is 1. The molecule has 0 aromatic carbocycles. The summed E-state index contributed by atoms with van der Waals surface area (Å²) in [5.74, 6) is 1.60. The summed E-state index contributed by atoms with van der Waals surface area (Å²) in [7, 11) is 1.68. The Morgan fingerprint density at radius 3 is 2.89 bits per heavy atom. The number of methoxy groups -OCH3 is 1. The Bertz CT molecular complexity index is 407. The molecule has 18 heavy (non-hydrogen) atoms. The van der Waals surface area contributed by atoms with Crippen molar-refractivity contribution < 1.29 is 14.3 Å². The van der Waals surface area contributed by atoms with E-state index in [-0.39, 0.29) is 11.7 Å². The molecule has 6 atom stereocenters. The fourth-order valence-corrected chi connectivity index (χ4v) is 5.77. The van der Waals surface area contributed by atoms with Crippen LogP contribution in [-0.2, 0) is 14.3 Å². The highest BCUT2D eigenvalue weighted by molar-refractivity contribution is 5.84. The number of hydrogen-bond donors (Lipinski definition) is 0. The van der Waals surface area contributed by atoms with E-state index in [1.54, 1.807) is 7.11 Å². The molecule has 3 saturated carbocycles. The molecule has 5 rings (SSSR count). The molecule has 0 N–H and O–H groups in total. The lowest BCUT2D eigenvalue weighted by molar-refractivity contribution is -0.282. The molecule has 3 heteroatoms. The maximum absolute atomic E-state index is 12.1. The van der Waals surface area contributed by atoms with Crippen LogP contribution in [0.2, 0.25) is 0 Å². The predicted octanol–water partition coefficient (Wildman–Crippen LogP) is 2.33. The van der Waals surface area contributed by atoms with Gasteiger partial charge in [-0.1, -0.05) is 0 Å². The molecule has 3 nitrogen and oxygen atoms in total. The Morgan fingerprint density at radius 1 is 1.33 bits per heavy atom. The standard InChI is InChI=1S/C15H22O3/c1-14-5-9-3-12(18-14)10-4-11(16)13(17-2)7-15(10,6-9)8-14/h9-10,12-13H,3-8H2,1-2H3/t9-,10+,12-,13?,14-,15+/m0/s1. The van der Waals surface area contributed by atoms with Gasteiger partial charge in [-0.15, -0.1) is 0 Å². The SMILES string of the molecule is COC1C[C@]23C[C@H]4C[C@H](O[C@@](C)(C4)C2)[C@H]3CC1=O. The molecule has 0 radical (unpaired) electrons. The quantitative estimate of drug-likeness (QED) is 0.716. The molecule has 4 bridgehead atoms. The topological polar surface area (TPSA) is 35.5 Å². The van der Waals surface area contributed by atoms with Crippen molar-refractivity contribution in [3.8, 4) is 0 Å². The van der Waals surface area contributed by atoms with Crippen molar-refractivity contribution in [1.82, 2.24) is 0 Å². The number of hydrogen-bond acceptors (Lipinski definition) is 3. The van der Waals surface area contributed by atoms with Crippen molar-refractivity contribution in [1.29, 1.82) is 0 Å². The van der Waals surface area contributed by atoms with Crippen molar-refractivity contribution in [3.05, 3.63) is 0 Å². The second kappa shape index (κ2) is 3.37. The highest BCUT2D eigenvalue weighted by Crippen LogP contribution is 2.65. The first-order chi connectivity index (χ1) is 8.54. The molecule has 2 aliphatic heterocycles. The van der Waals surface area contributed by atoms with E-state index >= 15 is 0 Å². The number of carbonyl (C=O) groups excluding carboxylic acids is 1. The summed E-state index contributed by atoms with van der Waals surface area (Å²) in [5, 5.41) is 0. The molecule has 1 unspecified atom stereocenters. The van der Waals surface area contributed by atoms with Gasteiger partial charge < -0.3 is 9.47 Å². The first-order valence-electron chi connectivity index (χ1n) is 7.27. The van der Waals surface area contributed by atoms with Crippen LogP contribution in [0.25, 0.3) is 0 Å². The first kappa shape index (κ1) is 11.4. The molecule has 0 aromatic rings. The van der Waals surface area contributed by atoms with Gasteiger partial charge in [0.1, 0.15) is 6.10 Å². The van der Waals surface area contributed by atoms with Gasteiger partial charge in [0.15, 0.2) is 5.78 Å². The third-order valence-corrected chi connectivity index (χ3v) is 6.04. The van der Waals surface area contributed by atoms with Crippen LogP contribution in [0.4, 0.5) is 0 Å². The average Bonchev–Trinajstić information content (AvgIpc) is 2.28. The number of ether oxygens (including phenoxy) is 2. The van der Waals surface area contributed by atoms with Crippen LogP contribution < -0.4 is 0 Å². The molecule has 1 spiro atoms. The van der Waals surface area contributed by atoms with E-state index < -0.39 is 0 Å². The van der Waals surface area contributed by atoms with E-state index in [4.69, 9.17) is 9.47 Å². The van der Waals surface area contributed by atoms with Crippen molar-refractivity contribution in [2.24, 2.45) is 17.3 Å². The minimum Gasteiger partial charge on any atom is -0.374 e. The molecule has 2 heterocycles. The Morgan fingerprint density at radius 2 is 2.17 bits per heavy atom. The van der Waals surface area contributed by atoms with Gasteiger partial charge in [0.05, 0.1) is 11.7 Å². The largest absolute Gasteiger partial charge is 0.374 e. The zero-order valence-electron chi connectivity index (χ0n) is 11.3. The molecule has 5 aliphatic rings. The van der Waals surface area contributed by atoms with E-state index in [1.165, 1.54) is 19.3 Å². The normalized spacial score (nSPS) is 57.8. The monoisotopic (exact) mass is 250 g/mol. The van der Waals surface area contributed by atoms with Gasteiger partial charge in [-0.05, 0) is 56.3 Å². The van der Waals surface area contributed by atoms with E-state index in [0.717, 1.165) is 18.8 Å². The summed E-state index contributed by atoms with van der Waals surface area (Å²) in [4.78, 5) is 12.1. The lowest BCUT2D eigenvalue weighted by Gasteiger charge is -2.66. The van der Waals surface area contributed by atoms with Crippen LogP contribution >= 0.6 is 0 Å². The zero-order valence-corrected chi connectivity index (χ0v) is 11.3. The maximum Gasteiger partial charge on any atom is 0.161 e. The third-order valence-electron chi connectivity index (χ3n) is 6.04. The van der Waals surface area contributed by atoms with Gasteiger partial charge in [-0.3, -0.25) is 4.79 Å². The van der Waals surface area contributed by atoms with Crippen LogP contribution in [0.3, 0.4) is 0 Å². The first-order valence-corrected chi connectivity index (χ1v) is 7.27. The summed E-state index contributed by atoms with van der Waals surface area (Å²) in [6, 6.07) is 0. The second-order valence-corrected chi connectivity index (χ2v) is 7.36. The Kier molecular flexibility index (Phi) is 2.14. The molecule has 5 fully saturated rings. The van der Waals surface area contributed by atoms with Crippen molar-refractivity contribution in [2.75, 3.05) is 7.11 Å². The Labute approximate surface area is 108 Å². The van der Waals surface area contributed by atoms with Crippen molar-refractivity contribution >= 4 is 5.78 Å². The number of Topliss-reactive ketones (excluding diaryl/α,β-unsaturated/α-hetero) is 1. The molecule has 0 aromatic heterocycles. The lowest BCUT2D eigenvalue weighted by atomic mass is 9.46. The Balaban J connectivity index is 1.72. The van der Waals surface area contributed by atoms with Crippen molar-refractivity contribution in [2.45, 2.75) is 63.3 Å². The minimum atomic E-state index is -0.152. The molecular weight excluding hydrogens is 228 g/mol. The number of rotatable bonds is 1. The Hall–Kier alpha value is -0.410. The van der Waals surface area contributed by atoms with Crippen LogP contribution in [0.15, 0.2) is 0 Å². The maximum atomic E-state index is 12.1. The summed E-state index contributed by atoms with van der Waals surface area (Å²) in [6.07, 6.45) is 6.69. The predicted molar refractivity (Wildman–Crippen MR) is 66.2 cm³/mol. The minimum absolute atomic E-state index is 0.0843. The molecule has 2 saturated heterocycles.